The smallest absolute Gasteiger partial charge is 0.306 e. The zero-order valence-electron chi connectivity index (χ0n) is 10.8. The molecule has 0 atom stereocenters. The molecule has 1 rings (SSSR count). The number of ether oxygens (including phenoxy) is 1. The van der Waals surface area contributed by atoms with E-state index in [0.717, 1.165) is 5.56 Å². The molecule has 0 aromatic heterocycles. The van der Waals surface area contributed by atoms with Crippen LogP contribution in [0, 0.1) is 0 Å². The minimum atomic E-state index is -3.56. The van der Waals surface area contributed by atoms with Gasteiger partial charge in [-0.2, -0.15) is 0 Å². The minimum Gasteiger partial charge on any atom is -0.466 e. The van der Waals surface area contributed by atoms with Gasteiger partial charge in [-0.25, -0.2) is 8.42 Å². The lowest BCUT2D eigenvalue weighted by molar-refractivity contribution is -0.142. The Balaban J connectivity index is 2.61. The number of nitrogens with one attached hydrogen (secondary N) is 1. The Morgan fingerprint density at radius 1 is 1.42 bits per heavy atom. The van der Waals surface area contributed by atoms with Crippen molar-refractivity contribution in [3.8, 4) is 0 Å². The van der Waals surface area contributed by atoms with Gasteiger partial charge in [0.15, 0.2) is 0 Å². The molecule has 0 aliphatic rings. The van der Waals surface area contributed by atoms with Gasteiger partial charge >= 0.3 is 5.97 Å². The minimum absolute atomic E-state index is 0.167. The second kappa shape index (κ2) is 7.10. The van der Waals surface area contributed by atoms with E-state index >= 15 is 0 Å². The largest absolute Gasteiger partial charge is 0.466 e. The highest BCUT2D eigenvalue weighted by atomic mass is 32.2. The van der Waals surface area contributed by atoms with Gasteiger partial charge < -0.3 is 10.5 Å². The molecule has 0 saturated carbocycles. The lowest BCUT2D eigenvalue weighted by atomic mass is 10.2. The van der Waals surface area contributed by atoms with Gasteiger partial charge in [-0.15, -0.1) is 0 Å². The molecule has 0 fully saturated rings. The molecule has 1 aromatic carbocycles. The number of sulfonamides is 1. The van der Waals surface area contributed by atoms with E-state index in [9.17, 15) is 13.2 Å². The van der Waals surface area contributed by atoms with E-state index < -0.39 is 16.0 Å². The molecule has 6 nitrogen and oxygen atoms in total. The van der Waals surface area contributed by atoms with Crippen molar-refractivity contribution >= 4 is 21.7 Å². The third-order valence-corrected chi connectivity index (χ3v) is 3.60. The molecule has 0 unspecified atom stereocenters. The SMILES string of the molecule is CCOC(=O)CCS(=O)(=O)Nc1cccc(CN)c1. The molecule has 3 N–H and O–H groups in total. The maximum Gasteiger partial charge on any atom is 0.306 e. The van der Waals surface area contributed by atoms with E-state index in [0.29, 0.717) is 12.2 Å². The topological polar surface area (TPSA) is 98.5 Å². The molecule has 0 amide bonds. The van der Waals surface area contributed by atoms with Crippen molar-refractivity contribution in [1.82, 2.24) is 0 Å². The number of esters is 1. The Kier molecular flexibility index (Phi) is 5.78. The van der Waals surface area contributed by atoms with Crippen LogP contribution in [0.1, 0.15) is 18.9 Å². The summed E-state index contributed by atoms with van der Waals surface area (Å²) in [5.41, 5.74) is 6.74. The molecule has 0 aliphatic heterocycles. The number of hydrogen-bond acceptors (Lipinski definition) is 5. The summed E-state index contributed by atoms with van der Waals surface area (Å²) < 4.78 is 30.6. The van der Waals surface area contributed by atoms with Crippen LogP contribution in [-0.2, 0) is 26.1 Å². The van der Waals surface area contributed by atoms with Crippen LogP contribution >= 0.6 is 0 Å². The van der Waals surface area contributed by atoms with Crippen molar-refractivity contribution < 1.29 is 17.9 Å². The van der Waals surface area contributed by atoms with Crippen LogP contribution in [-0.4, -0.2) is 26.7 Å². The fourth-order valence-electron chi connectivity index (χ4n) is 1.44. The van der Waals surface area contributed by atoms with Crippen LogP contribution in [0.25, 0.3) is 0 Å². The summed E-state index contributed by atoms with van der Waals surface area (Å²) in [7, 11) is -3.56. The van der Waals surface area contributed by atoms with Crippen molar-refractivity contribution in [3.05, 3.63) is 29.8 Å². The summed E-state index contributed by atoms with van der Waals surface area (Å²) >= 11 is 0. The Morgan fingerprint density at radius 2 is 2.16 bits per heavy atom. The monoisotopic (exact) mass is 286 g/mol. The van der Waals surface area contributed by atoms with Crippen molar-refractivity contribution in [2.45, 2.75) is 19.9 Å². The summed E-state index contributed by atoms with van der Waals surface area (Å²) in [5, 5.41) is 0. The fourth-order valence-corrected chi connectivity index (χ4v) is 2.47. The van der Waals surface area contributed by atoms with E-state index in [-0.39, 0.29) is 18.8 Å². The summed E-state index contributed by atoms with van der Waals surface area (Å²) in [6, 6.07) is 6.80. The number of nitrogens with two attached hydrogens (primary N) is 1. The highest BCUT2D eigenvalue weighted by Gasteiger charge is 2.14. The van der Waals surface area contributed by atoms with E-state index in [1.54, 1.807) is 31.2 Å². The quantitative estimate of drug-likeness (QED) is 0.724. The summed E-state index contributed by atoms with van der Waals surface area (Å²) in [5.74, 6) is -0.831. The maximum atomic E-state index is 11.8. The lowest BCUT2D eigenvalue weighted by Gasteiger charge is -2.08. The van der Waals surface area contributed by atoms with Crippen LogP contribution in [0.15, 0.2) is 24.3 Å². The predicted molar refractivity (Wildman–Crippen MR) is 73.0 cm³/mol. The number of benzene rings is 1. The Labute approximate surface area is 113 Å². The zero-order chi connectivity index (χ0) is 14.3. The molecule has 0 bridgehead atoms. The Morgan fingerprint density at radius 3 is 2.79 bits per heavy atom. The van der Waals surface area contributed by atoms with Gasteiger partial charge in [-0.3, -0.25) is 9.52 Å². The second-order valence-corrected chi connectivity index (χ2v) is 5.72. The molecule has 0 aliphatic carbocycles. The average Bonchev–Trinajstić information content (AvgIpc) is 2.37. The average molecular weight is 286 g/mol. The van der Waals surface area contributed by atoms with Gasteiger partial charge in [0.05, 0.1) is 18.8 Å². The van der Waals surface area contributed by atoms with E-state index in [1.807, 2.05) is 0 Å². The van der Waals surface area contributed by atoms with Crippen molar-refractivity contribution in [3.63, 3.8) is 0 Å². The standard InChI is InChI=1S/C12H18N2O4S/c1-2-18-12(15)6-7-19(16,17)14-11-5-3-4-10(8-11)9-13/h3-5,8,14H,2,6-7,9,13H2,1H3. The molecule has 106 valence electrons. The first kappa shape index (κ1) is 15.5. The van der Waals surface area contributed by atoms with Gasteiger partial charge in [-0.05, 0) is 24.6 Å². The molecule has 7 heteroatoms. The summed E-state index contributed by atoms with van der Waals surface area (Å²) in [6.07, 6.45) is -0.167. The molecular weight excluding hydrogens is 268 g/mol. The van der Waals surface area contributed by atoms with E-state index in [1.165, 1.54) is 0 Å². The predicted octanol–water partition coefficient (Wildman–Crippen LogP) is 0.840. The van der Waals surface area contributed by atoms with Gasteiger partial charge in [0.2, 0.25) is 10.0 Å². The first-order valence-corrected chi connectivity index (χ1v) is 7.57. The first-order chi connectivity index (χ1) is 8.96. The summed E-state index contributed by atoms with van der Waals surface area (Å²) in [4.78, 5) is 11.1. The zero-order valence-corrected chi connectivity index (χ0v) is 11.6. The molecule has 0 spiro atoms. The number of anilines is 1. The summed E-state index contributed by atoms with van der Waals surface area (Å²) in [6.45, 7) is 2.24. The molecule has 0 heterocycles. The van der Waals surface area contributed by atoms with E-state index in [4.69, 9.17) is 5.73 Å². The first-order valence-electron chi connectivity index (χ1n) is 5.92. The van der Waals surface area contributed by atoms with Gasteiger partial charge in [0.25, 0.3) is 0 Å². The number of hydrogen-bond donors (Lipinski definition) is 2. The normalized spacial score (nSPS) is 11.1. The molecule has 0 saturated heterocycles. The van der Waals surface area contributed by atoms with E-state index in [2.05, 4.69) is 9.46 Å². The molecule has 1 aromatic rings. The van der Waals surface area contributed by atoms with Crippen molar-refractivity contribution in [2.24, 2.45) is 5.73 Å². The molecule has 0 radical (unpaired) electrons. The number of carbonyl (C=O) groups is 1. The molecule has 19 heavy (non-hydrogen) atoms. The van der Waals surface area contributed by atoms with Gasteiger partial charge in [0, 0.05) is 12.2 Å². The van der Waals surface area contributed by atoms with Crippen LogP contribution in [0.3, 0.4) is 0 Å². The third kappa shape index (κ3) is 5.71. The third-order valence-electron chi connectivity index (χ3n) is 2.32. The fraction of sp³-hybridized carbons (Fsp3) is 0.417. The van der Waals surface area contributed by atoms with Crippen molar-refractivity contribution in [2.75, 3.05) is 17.1 Å². The highest BCUT2D eigenvalue weighted by molar-refractivity contribution is 7.92. The highest BCUT2D eigenvalue weighted by Crippen LogP contribution is 2.12. The van der Waals surface area contributed by atoms with Crippen LogP contribution < -0.4 is 10.5 Å². The number of carbonyl (C=O) groups excluding carboxylic acids is 1. The van der Waals surface area contributed by atoms with Gasteiger partial charge in [-0.1, -0.05) is 12.1 Å². The Bertz CT molecular complexity index is 528. The second-order valence-electron chi connectivity index (χ2n) is 3.88. The van der Waals surface area contributed by atoms with Crippen LogP contribution in [0.2, 0.25) is 0 Å². The Hall–Kier alpha value is -1.60. The van der Waals surface area contributed by atoms with Crippen molar-refractivity contribution in [1.29, 1.82) is 0 Å². The molecular formula is C12H18N2O4S. The maximum absolute atomic E-state index is 11.8. The van der Waals surface area contributed by atoms with Crippen LogP contribution in [0.4, 0.5) is 5.69 Å². The number of rotatable bonds is 7. The lowest BCUT2D eigenvalue weighted by Crippen LogP contribution is -2.20. The van der Waals surface area contributed by atoms with Crippen LogP contribution in [0.5, 0.6) is 0 Å². The van der Waals surface area contributed by atoms with Gasteiger partial charge in [0.1, 0.15) is 0 Å².